The van der Waals surface area contributed by atoms with Crippen LogP contribution in [0.15, 0.2) is 24.5 Å². The summed E-state index contributed by atoms with van der Waals surface area (Å²) in [5.41, 5.74) is 1.38. The van der Waals surface area contributed by atoms with Gasteiger partial charge in [0.25, 0.3) is 0 Å². The Morgan fingerprint density at radius 2 is 2.14 bits per heavy atom. The number of carbonyl (C=O) groups is 2. The number of benzene rings is 1. The third-order valence-electron chi connectivity index (χ3n) is 3.16. The lowest BCUT2D eigenvalue weighted by Crippen LogP contribution is -2.28. The lowest BCUT2D eigenvalue weighted by molar-refractivity contribution is -0.121. The molecule has 0 aliphatic heterocycles. The number of para-hydroxylation sites is 1. The topological polar surface area (TPSA) is 84.2 Å². The number of aromatic nitrogens is 2. The van der Waals surface area contributed by atoms with Crippen LogP contribution in [0, 0.1) is 5.92 Å². The van der Waals surface area contributed by atoms with Gasteiger partial charge in [-0.15, -0.1) is 0 Å². The number of aromatic carboxylic acids is 1. The SMILES string of the molecule is CC(C)CNC(=O)CCn1cnc2cccc(C(=O)O)c21. The molecule has 0 atom stereocenters. The van der Waals surface area contributed by atoms with Gasteiger partial charge in [0.2, 0.25) is 5.91 Å². The number of nitrogens with zero attached hydrogens (tertiary/aromatic N) is 2. The van der Waals surface area contributed by atoms with Gasteiger partial charge in [0.05, 0.1) is 22.9 Å². The predicted octanol–water partition coefficient (Wildman–Crippen LogP) is 1.90. The van der Waals surface area contributed by atoms with Crippen molar-refractivity contribution < 1.29 is 14.7 Å². The molecule has 0 aliphatic rings. The van der Waals surface area contributed by atoms with Gasteiger partial charge in [-0.05, 0) is 18.1 Å². The predicted molar refractivity (Wildman–Crippen MR) is 79.2 cm³/mol. The fourth-order valence-corrected chi connectivity index (χ4v) is 2.10. The Morgan fingerprint density at radius 3 is 2.81 bits per heavy atom. The Kier molecular flexibility index (Phi) is 4.57. The zero-order valence-corrected chi connectivity index (χ0v) is 12.2. The first-order chi connectivity index (χ1) is 9.99. The number of hydrogen-bond donors (Lipinski definition) is 2. The average molecular weight is 289 g/mol. The summed E-state index contributed by atoms with van der Waals surface area (Å²) in [4.78, 5) is 27.2. The van der Waals surface area contributed by atoms with Crippen molar-refractivity contribution in [1.82, 2.24) is 14.9 Å². The molecule has 0 bridgehead atoms. The van der Waals surface area contributed by atoms with E-state index in [0.29, 0.717) is 36.5 Å². The van der Waals surface area contributed by atoms with Crippen molar-refractivity contribution in [2.45, 2.75) is 26.8 Å². The molecule has 0 unspecified atom stereocenters. The molecule has 2 N–H and O–H groups in total. The molecule has 2 rings (SSSR count). The number of fused-ring (bicyclic) bond motifs is 1. The van der Waals surface area contributed by atoms with Gasteiger partial charge in [0.1, 0.15) is 0 Å². The number of rotatable bonds is 6. The van der Waals surface area contributed by atoms with Gasteiger partial charge < -0.3 is 15.0 Å². The highest BCUT2D eigenvalue weighted by atomic mass is 16.4. The van der Waals surface area contributed by atoms with Gasteiger partial charge in [-0.25, -0.2) is 9.78 Å². The number of carbonyl (C=O) groups excluding carboxylic acids is 1. The second-order valence-electron chi connectivity index (χ2n) is 5.36. The molecule has 0 radical (unpaired) electrons. The summed E-state index contributed by atoms with van der Waals surface area (Å²) in [7, 11) is 0. The van der Waals surface area contributed by atoms with Crippen LogP contribution < -0.4 is 5.32 Å². The van der Waals surface area contributed by atoms with Crippen molar-refractivity contribution in [3.63, 3.8) is 0 Å². The molecule has 0 fully saturated rings. The fourth-order valence-electron chi connectivity index (χ4n) is 2.10. The molecule has 1 heterocycles. The molecular weight excluding hydrogens is 270 g/mol. The van der Waals surface area contributed by atoms with E-state index in [1.165, 1.54) is 0 Å². The summed E-state index contributed by atoms with van der Waals surface area (Å²) in [6.07, 6.45) is 1.87. The second-order valence-corrected chi connectivity index (χ2v) is 5.36. The number of carboxylic acids is 1. The largest absolute Gasteiger partial charge is 0.478 e. The molecule has 1 aromatic carbocycles. The smallest absolute Gasteiger partial charge is 0.337 e. The summed E-state index contributed by atoms with van der Waals surface area (Å²) < 4.78 is 1.72. The zero-order chi connectivity index (χ0) is 15.4. The van der Waals surface area contributed by atoms with Crippen molar-refractivity contribution >= 4 is 22.9 Å². The molecule has 112 valence electrons. The molecular formula is C15H19N3O3. The van der Waals surface area contributed by atoms with Crippen LogP contribution in [0.2, 0.25) is 0 Å². The summed E-state index contributed by atoms with van der Waals surface area (Å²) in [5.74, 6) is -0.633. The maximum Gasteiger partial charge on any atom is 0.337 e. The normalized spacial score (nSPS) is 11.0. The maximum absolute atomic E-state index is 11.7. The van der Waals surface area contributed by atoms with Gasteiger partial charge in [-0.2, -0.15) is 0 Å². The molecule has 6 heteroatoms. The Labute approximate surface area is 122 Å². The van der Waals surface area contributed by atoms with Crippen LogP contribution in [-0.4, -0.2) is 33.1 Å². The van der Waals surface area contributed by atoms with Gasteiger partial charge in [0, 0.05) is 19.5 Å². The molecule has 1 aromatic heterocycles. The fraction of sp³-hybridized carbons (Fsp3) is 0.400. The Bertz CT molecular complexity index is 661. The van der Waals surface area contributed by atoms with Crippen LogP contribution in [0.1, 0.15) is 30.6 Å². The number of hydrogen-bond acceptors (Lipinski definition) is 3. The Balaban J connectivity index is 2.12. The van der Waals surface area contributed by atoms with E-state index in [9.17, 15) is 14.7 Å². The molecule has 0 saturated heterocycles. The van der Waals surface area contributed by atoms with Crippen molar-refractivity contribution in [1.29, 1.82) is 0 Å². The minimum atomic E-state index is -0.994. The van der Waals surface area contributed by atoms with Crippen LogP contribution in [0.3, 0.4) is 0 Å². The first-order valence-electron chi connectivity index (χ1n) is 6.93. The van der Waals surface area contributed by atoms with Crippen molar-refractivity contribution in [3.05, 3.63) is 30.1 Å². The molecule has 6 nitrogen and oxygen atoms in total. The van der Waals surface area contributed by atoms with E-state index in [1.54, 1.807) is 29.1 Å². The number of imidazole rings is 1. The van der Waals surface area contributed by atoms with Crippen molar-refractivity contribution in [2.24, 2.45) is 5.92 Å². The summed E-state index contributed by atoms with van der Waals surface area (Å²) >= 11 is 0. The van der Waals surface area contributed by atoms with Gasteiger partial charge in [0.15, 0.2) is 0 Å². The molecule has 0 aliphatic carbocycles. The number of aryl methyl sites for hydroxylation is 1. The monoisotopic (exact) mass is 289 g/mol. The first-order valence-corrected chi connectivity index (χ1v) is 6.93. The first kappa shape index (κ1) is 15.0. The standard InChI is InChI=1S/C15H19N3O3/c1-10(2)8-16-13(19)6-7-18-9-17-12-5-3-4-11(14(12)18)15(20)21/h3-5,9-10H,6-8H2,1-2H3,(H,16,19)(H,20,21). The Morgan fingerprint density at radius 1 is 1.38 bits per heavy atom. The summed E-state index contributed by atoms with van der Waals surface area (Å²) in [6.45, 7) is 5.11. The van der Waals surface area contributed by atoms with E-state index in [1.807, 2.05) is 13.8 Å². The van der Waals surface area contributed by atoms with Crippen LogP contribution in [-0.2, 0) is 11.3 Å². The molecule has 0 spiro atoms. The number of carboxylic acid groups (broad SMARTS) is 1. The molecule has 1 amide bonds. The lowest BCUT2D eigenvalue weighted by Gasteiger charge is -2.09. The highest BCUT2D eigenvalue weighted by Gasteiger charge is 2.13. The number of nitrogens with one attached hydrogen (secondary N) is 1. The summed E-state index contributed by atoms with van der Waals surface area (Å²) in [5, 5.41) is 12.1. The quantitative estimate of drug-likeness (QED) is 0.850. The van der Waals surface area contributed by atoms with E-state index in [-0.39, 0.29) is 11.5 Å². The lowest BCUT2D eigenvalue weighted by atomic mass is 10.2. The third-order valence-corrected chi connectivity index (χ3v) is 3.16. The summed E-state index contributed by atoms with van der Waals surface area (Å²) in [6, 6.07) is 4.97. The van der Waals surface area contributed by atoms with Crippen molar-refractivity contribution in [2.75, 3.05) is 6.54 Å². The van der Waals surface area contributed by atoms with Gasteiger partial charge >= 0.3 is 5.97 Å². The third kappa shape index (κ3) is 3.59. The Hall–Kier alpha value is -2.37. The number of amides is 1. The second kappa shape index (κ2) is 6.39. The average Bonchev–Trinajstić information content (AvgIpc) is 2.85. The maximum atomic E-state index is 11.7. The highest BCUT2D eigenvalue weighted by Crippen LogP contribution is 2.18. The molecule has 0 saturated carbocycles. The van der Waals surface area contributed by atoms with E-state index < -0.39 is 5.97 Å². The molecule has 2 aromatic rings. The minimum absolute atomic E-state index is 0.0432. The van der Waals surface area contributed by atoms with Crippen LogP contribution in [0.5, 0.6) is 0 Å². The van der Waals surface area contributed by atoms with Gasteiger partial charge in [-0.1, -0.05) is 19.9 Å². The van der Waals surface area contributed by atoms with Crippen LogP contribution >= 0.6 is 0 Å². The zero-order valence-electron chi connectivity index (χ0n) is 12.2. The van der Waals surface area contributed by atoms with E-state index in [4.69, 9.17) is 0 Å². The minimum Gasteiger partial charge on any atom is -0.478 e. The van der Waals surface area contributed by atoms with Crippen molar-refractivity contribution in [3.8, 4) is 0 Å². The van der Waals surface area contributed by atoms with Crippen LogP contribution in [0.25, 0.3) is 11.0 Å². The van der Waals surface area contributed by atoms with E-state index in [2.05, 4.69) is 10.3 Å². The van der Waals surface area contributed by atoms with E-state index in [0.717, 1.165) is 0 Å². The molecule has 21 heavy (non-hydrogen) atoms. The van der Waals surface area contributed by atoms with Crippen LogP contribution in [0.4, 0.5) is 0 Å². The highest BCUT2D eigenvalue weighted by molar-refractivity contribution is 6.01. The van der Waals surface area contributed by atoms with E-state index >= 15 is 0 Å². The van der Waals surface area contributed by atoms with Gasteiger partial charge in [-0.3, -0.25) is 4.79 Å².